The maximum atomic E-state index is 10.9. The number of primary amides is 1. The summed E-state index contributed by atoms with van der Waals surface area (Å²) < 4.78 is 5.15. The summed E-state index contributed by atoms with van der Waals surface area (Å²) in [5.74, 6) is -1.68. The standard InChI is InChI=1S/C9H14N4O2/c1-7(8(6-10)9(11)14)12-13-2-4-15-5-3-13/h8,12H,1-5H2,(H2,11,14)/t8-/m0/s1. The number of nitriles is 1. The molecule has 6 heteroatoms. The number of carbonyl (C=O) groups is 1. The van der Waals surface area contributed by atoms with Crippen molar-refractivity contribution < 1.29 is 9.53 Å². The van der Waals surface area contributed by atoms with E-state index in [1.54, 1.807) is 6.07 Å². The van der Waals surface area contributed by atoms with Crippen LogP contribution in [0.1, 0.15) is 0 Å². The smallest absolute Gasteiger partial charge is 0.240 e. The first kappa shape index (κ1) is 11.5. The van der Waals surface area contributed by atoms with Gasteiger partial charge in [-0.3, -0.25) is 4.79 Å². The Hall–Kier alpha value is -1.58. The van der Waals surface area contributed by atoms with Crippen LogP contribution in [0.5, 0.6) is 0 Å². The molecule has 0 aliphatic carbocycles. The Morgan fingerprint density at radius 1 is 1.60 bits per heavy atom. The molecule has 0 saturated carbocycles. The second-order valence-electron chi connectivity index (χ2n) is 3.20. The summed E-state index contributed by atoms with van der Waals surface area (Å²) in [5.41, 5.74) is 8.25. The minimum Gasteiger partial charge on any atom is -0.379 e. The lowest BCUT2D eigenvalue weighted by Gasteiger charge is -2.29. The molecule has 1 aliphatic heterocycles. The molecular formula is C9H14N4O2. The van der Waals surface area contributed by atoms with Crippen molar-refractivity contribution in [3.05, 3.63) is 12.3 Å². The summed E-state index contributed by atoms with van der Waals surface area (Å²) in [4.78, 5) is 10.9. The fourth-order valence-electron chi connectivity index (χ4n) is 1.26. The van der Waals surface area contributed by atoms with E-state index in [2.05, 4.69) is 12.0 Å². The van der Waals surface area contributed by atoms with E-state index in [4.69, 9.17) is 15.7 Å². The molecule has 0 radical (unpaired) electrons. The number of nitrogens with zero attached hydrogens (tertiary/aromatic N) is 2. The minimum atomic E-state index is -0.993. The highest BCUT2D eigenvalue weighted by Gasteiger charge is 2.20. The van der Waals surface area contributed by atoms with E-state index < -0.39 is 11.8 Å². The minimum absolute atomic E-state index is 0.312. The fraction of sp³-hybridized carbons (Fsp3) is 0.556. The highest BCUT2D eigenvalue weighted by molar-refractivity contribution is 5.82. The predicted octanol–water partition coefficient (Wildman–Crippen LogP) is -1.04. The second-order valence-corrected chi connectivity index (χ2v) is 3.20. The Kier molecular flexibility index (Phi) is 4.09. The van der Waals surface area contributed by atoms with Gasteiger partial charge < -0.3 is 15.9 Å². The molecule has 0 aromatic rings. The van der Waals surface area contributed by atoms with Crippen molar-refractivity contribution in [3.8, 4) is 6.07 Å². The Bertz CT molecular complexity index is 291. The molecule has 0 bridgehead atoms. The number of hydrogen-bond acceptors (Lipinski definition) is 5. The highest BCUT2D eigenvalue weighted by atomic mass is 16.5. The van der Waals surface area contributed by atoms with Crippen LogP contribution < -0.4 is 11.2 Å². The zero-order chi connectivity index (χ0) is 11.3. The van der Waals surface area contributed by atoms with Crippen molar-refractivity contribution >= 4 is 5.91 Å². The summed E-state index contributed by atoms with van der Waals surface area (Å²) in [7, 11) is 0. The van der Waals surface area contributed by atoms with Crippen LogP contribution in [-0.2, 0) is 9.53 Å². The van der Waals surface area contributed by atoms with Crippen LogP contribution in [0.2, 0.25) is 0 Å². The largest absolute Gasteiger partial charge is 0.379 e. The Morgan fingerprint density at radius 3 is 2.67 bits per heavy atom. The van der Waals surface area contributed by atoms with Crippen molar-refractivity contribution in [3.63, 3.8) is 0 Å². The third kappa shape index (κ3) is 3.23. The van der Waals surface area contributed by atoms with Crippen LogP contribution in [0.3, 0.4) is 0 Å². The molecule has 15 heavy (non-hydrogen) atoms. The average Bonchev–Trinajstić information content (AvgIpc) is 2.19. The molecule has 1 atom stereocenters. The van der Waals surface area contributed by atoms with E-state index in [0.29, 0.717) is 32.0 Å². The van der Waals surface area contributed by atoms with Gasteiger partial charge in [-0.15, -0.1) is 0 Å². The quantitative estimate of drug-likeness (QED) is 0.618. The number of nitrogens with two attached hydrogens (primary N) is 1. The number of nitrogens with one attached hydrogen (secondary N) is 1. The maximum Gasteiger partial charge on any atom is 0.240 e. The molecule has 3 N–H and O–H groups in total. The molecule has 1 rings (SSSR count). The molecule has 1 heterocycles. The van der Waals surface area contributed by atoms with Gasteiger partial charge in [-0.2, -0.15) is 5.26 Å². The number of rotatable bonds is 4. The number of ether oxygens (including phenoxy) is 1. The van der Waals surface area contributed by atoms with Crippen molar-refractivity contribution in [2.24, 2.45) is 11.7 Å². The van der Waals surface area contributed by atoms with E-state index in [1.165, 1.54) is 0 Å². The van der Waals surface area contributed by atoms with Crippen LogP contribution >= 0.6 is 0 Å². The number of carbonyl (C=O) groups excluding carboxylic acids is 1. The second kappa shape index (κ2) is 5.34. The number of morpholine rings is 1. The van der Waals surface area contributed by atoms with Gasteiger partial charge >= 0.3 is 0 Å². The van der Waals surface area contributed by atoms with Gasteiger partial charge in [0.2, 0.25) is 5.91 Å². The molecule has 0 aromatic heterocycles. The molecule has 1 aliphatic rings. The monoisotopic (exact) mass is 210 g/mol. The van der Waals surface area contributed by atoms with Gasteiger partial charge in [0, 0.05) is 18.8 Å². The predicted molar refractivity (Wildman–Crippen MR) is 53.0 cm³/mol. The SMILES string of the molecule is C=C(NN1CCOCC1)[C@H](C#N)C(N)=O. The molecule has 6 nitrogen and oxygen atoms in total. The topological polar surface area (TPSA) is 91.4 Å². The van der Waals surface area contributed by atoms with Crippen molar-refractivity contribution in [2.45, 2.75) is 0 Å². The highest BCUT2D eigenvalue weighted by Crippen LogP contribution is 2.05. The first-order valence-corrected chi connectivity index (χ1v) is 4.62. The molecule has 0 spiro atoms. The average molecular weight is 210 g/mol. The summed E-state index contributed by atoms with van der Waals surface area (Å²) >= 11 is 0. The molecule has 1 amide bonds. The van der Waals surface area contributed by atoms with Crippen LogP contribution in [0, 0.1) is 17.2 Å². The zero-order valence-electron chi connectivity index (χ0n) is 8.40. The van der Waals surface area contributed by atoms with Crippen LogP contribution in [0.25, 0.3) is 0 Å². The van der Waals surface area contributed by atoms with E-state index in [-0.39, 0.29) is 0 Å². The first-order chi connectivity index (χ1) is 7.15. The third-order valence-electron chi connectivity index (χ3n) is 2.07. The van der Waals surface area contributed by atoms with Crippen LogP contribution in [0.15, 0.2) is 12.3 Å². The number of hydrazine groups is 1. The summed E-state index contributed by atoms with van der Waals surface area (Å²) in [6.45, 7) is 6.24. The van der Waals surface area contributed by atoms with Gasteiger partial charge in [-0.1, -0.05) is 6.58 Å². The lowest BCUT2D eigenvalue weighted by molar-refractivity contribution is -0.119. The Labute approximate surface area is 88.3 Å². The van der Waals surface area contributed by atoms with E-state index in [1.807, 2.05) is 5.01 Å². The summed E-state index contributed by atoms with van der Waals surface area (Å²) in [6, 6.07) is 1.80. The maximum absolute atomic E-state index is 10.9. The molecule has 0 aromatic carbocycles. The lowest BCUT2D eigenvalue weighted by atomic mass is 10.1. The van der Waals surface area contributed by atoms with E-state index >= 15 is 0 Å². The molecule has 0 unspecified atom stereocenters. The van der Waals surface area contributed by atoms with Crippen LogP contribution in [0.4, 0.5) is 0 Å². The van der Waals surface area contributed by atoms with Crippen LogP contribution in [-0.4, -0.2) is 37.2 Å². The molecule has 1 saturated heterocycles. The third-order valence-corrected chi connectivity index (χ3v) is 2.07. The fourth-order valence-corrected chi connectivity index (χ4v) is 1.26. The van der Waals surface area contributed by atoms with Crippen molar-refractivity contribution in [1.29, 1.82) is 5.26 Å². The van der Waals surface area contributed by atoms with Gasteiger partial charge in [-0.25, -0.2) is 5.01 Å². The number of amides is 1. The Morgan fingerprint density at radius 2 is 2.20 bits per heavy atom. The summed E-state index contributed by atoms with van der Waals surface area (Å²) in [6.07, 6.45) is 0. The van der Waals surface area contributed by atoms with Crippen molar-refractivity contribution in [1.82, 2.24) is 10.4 Å². The van der Waals surface area contributed by atoms with Gasteiger partial charge in [0.05, 0.1) is 19.3 Å². The van der Waals surface area contributed by atoms with E-state index in [0.717, 1.165) is 0 Å². The lowest BCUT2D eigenvalue weighted by Crippen LogP contribution is -2.47. The van der Waals surface area contributed by atoms with E-state index in [9.17, 15) is 4.79 Å². The zero-order valence-corrected chi connectivity index (χ0v) is 8.40. The molecule has 1 fully saturated rings. The van der Waals surface area contributed by atoms with Gasteiger partial charge in [-0.05, 0) is 0 Å². The molecular weight excluding hydrogens is 196 g/mol. The normalized spacial score (nSPS) is 18.9. The molecule has 82 valence electrons. The Balaban J connectivity index is 2.46. The number of hydrogen-bond donors (Lipinski definition) is 2. The van der Waals surface area contributed by atoms with Crippen molar-refractivity contribution in [2.75, 3.05) is 26.3 Å². The first-order valence-electron chi connectivity index (χ1n) is 4.62. The van der Waals surface area contributed by atoms with Gasteiger partial charge in [0.1, 0.15) is 0 Å². The van der Waals surface area contributed by atoms with Gasteiger partial charge in [0.25, 0.3) is 0 Å². The summed E-state index contributed by atoms with van der Waals surface area (Å²) in [5, 5.41) is 10.5. The van der Waals surface area contributed by atoms with Gasteiger partial charge in [0.15, 0.2) is 5.92 Å².